The molecule has 1 fully saturated rings. The zero-order chi connectivity index (χ0) is 26.2. The van der Waals surface area contributed by atoms with E-state index in [0.717, 1.165) is 47.9 Å². The summed E-state index contributed by atoms with van der Waals surface area (Å²) < 4.78 is 24.5. The molecule has 0 saturated heterocycles. The van der Waals surface area contributed by atoms with Crippen molar-refractivity contribution in [3.05, 3.63) is 101 Å². The van der Waals surface area contributed by atoms with E-state index in [1.807, 2.05) is 0 Å². The summed E-state index contributed by atoms with van der Waals surface area (Å²) >= 11 is 3.60. The average molecular weight is 547 g/mol. The quantitative estimate of drug-likeness (QED) is 0.295. The lowest BCUT2D eigenvalue weighted by molar-refractivity contribution is -0.0347. The summed E-state index contributed by atoms with van der Waals surface area (Å²) in [5.74, 6) is 0.376. The molecule has 3 aromatic carbocycles. The van der Waals surface area contributed by atoms with E-state index in [1.165, 1.54) is 15.9 Å². The summed E-state index contributed by atoms with van der Waals surface area (Å²) in [7, 11) is -1.06. The second-order valence-electron chi connectivity index (χ2n) is 11.2. The van der Waals surface area contributed by atoms with Crippen molar-refractivity contribution in [2.75, 3.05) is 6.61 Å². The van der Waals surface area contributed by atoms with Crippen molar-refractivity contribution in [3.8, 4) is 0 Å². The third-order valence-electron chi connectivity index (χ3n) is 8.12. The van der Waals surface area contributed by atoms with Crippen LogP contribution in [0.15, 0.2) is 89.9 Å². The molecule has 1 saturated carbocycles. The van der Waals surface area contributed by atoms with E-state index >= 15 is 0 Å². The molecule has 0 heterocycles. The smallest absolute Gasteiger partial charge is 0.129 e. The van der Waals surface area contributed by atoms with Crippen LogP contribution in [0.5, 0.6) is 0 Å². The van der Waals surface area contributed by atoms with E-state index < -0.39 is 8.80 Å². The number of hydrogen-bond donors (Lipinski definition) is 0. The van der Waals surface area contributed by atoms with E-state index in [-0.39, 0.29) is 23.1 Å². The number of allylic oxidation sites excluding steroid dienone is 1. The third kappa shape index (κ3) is 4.88. The van der Waals surface area contributed by atoms with Gasteiger partial charge in [-0.15, -0.1) is 0 Å². The monoisotopic (exact) mass is 545 g/mol. The molecule has 1 radical (unpaired) electrons. The Morgan fingerprint density at radius 2 is 1.71 bits per heavy atom. The van der Waals surface area contributed by atoms with Crippen LogP contribution in [0.4, 0.5) is 0 Å². The first-order valence-electron chi connectivity index (χ1n) is 13.8. The van der Waals surface area contributed by atoms with Crippen molar-refractivity contribution in [2.24, 2.45) is 11.3 Å². The van der Waals surface area contributed by atoms with Gasteiger partial charge in [0.15, 0.2) is 0 Å². The van der Waals surface area contributed by atoms with Crippen LogP contribution in [0.25, 0.3) is 5.57 Å². The number of hydrogen-bond acceptors (Lipinski definition) is 1. The van der Waals surface area contributed by atoms with Crippen molar-refractivity contribution < 1.29 is 7.48 Å². The zero-order valence-corrected chi connectivity index (χ0v) is 23.6. The van der Waals surface area contributed by atoms with Gasteiger partial charge in [-0.1, -0.05) is 120 Å². The lowest BCUT2D eigenvalue weighted by Crippen LogP contribution is -2.52. The minimum absolute atomic E-state index is 0.0126. The van der Waals surface area contributed by atoms with Gasteiger partial charge in [0, 0.05) is 4.47 Å². The molecule has 181 valence electrons. The van der Waals surface area contributed by atoms with E-state index in [2.05, 4.69) is 116 Å². The summed E-state index contributed by atoms with van der Waals surface area (Å²) in [4.78, 5) is 0. The summed E-state index contributed by atoms with van der Waals surface area (Å²) in [6, 6.07) is 28.3. The first kappa shape index (κ1) is 22.3. The van der Waals surface area contributed by atoms with Crippen LogP contribution in [-0.2, 0) is 11.2 Å². The lowest BCUT2D eigenvalue weighted by Gasteiger charge is -2.43. The SMILES string of the molecule is [2H]C([2H])=C1c2cc(Br)ccc2C[C@]12CC[C@@H](OCC(C)(C)[Si](c1ccccc1)c1ccccc1)[C@H](C)C2. The molecule has 35 heavy (non-hydrogen) atoms. The molecule has 2 aliphatic carbocycles. The van der Waals surface area contributed by atoms with Crippen molar-refractivity contribution in [1.82, 2.24) is 0 Å². The fraction of sp³-hybridized carbons (Fsp3) is 0.375. The van der Waals surface area contributed by atoms with Gasteiger partial charge < -0.3 is 4.74 Å². The first-order valence-corrected chi connectivity index (χ1v) is 15.1. The fourth-order valence-corrected chi connectivity index (χ4v) is 9.94. The maximum atomic E-state index is 8.33. The van der Waals surface area contributed by atoms with E-state index in [9.17, 15) is 0 Å². The normalized spacial score (nSPS) is 24.9. The molecular weight excluding hydrogens is 508 g/mol. The average Bonchev–Trinajstić information content (AvgIpc) is 3.17. The minimum Gasteiger partial charge on any atom is -0.378 e. The molecule has 0 aliphatic heterocycles. The molecule has 1 spiro atoms. The molecule has 0 unspecified atom stereocenters. The molecule has 1 nitrogen and oxygen atoms in total. The Morgan fingerprint density at radius 1 is 1.06 bits per heavy atom. The molecule has 0 amide bonds. The topological polar surface area (TPSA) is 9.23 Å². The molecule has 3 heteroatoms. The van der Waals surface area contributed by atoms with Gasteiger partial charge in [0.1, 0.15) is 8.80 Å². The molecule has 2 aliphatic rings. The van der Waals surface area contributed by atoms with Gasteiger partial charge in [0.2, 0.25) is 0 Å². The summed E-state index contributed by atoms with van der Waals surface area (Å²) in [5, 5.41) is 2.86. The number of fused-ring (bicyclic) bond motifs is 1. The van der Waals surface area contributed by atoms with Gasteiger partial charge in [-0.2, -0.15) is 0 Å². The molecular formula is C32H36BrOSi. The van der Waals surface area contributed by atoms with Gasteiger partial charge in [-0.3, -0.25) is 0 Å². The van der Waals surface area contributed by atoms with Gasteiger partial charge in [-0.25, -0.2) is 0 Å². The van der Waals surface area contributed by atoms with Crippen LogP contribution in [0, 0.1) is 11.3 Å². The number of benzene rings is 3. The number of ether oxygens (including phenoxy) is 1. The van der Waals surface area contributed by atoms with Crippen molar-refractivity contribution in [3.63, 3.8) is 0 Å². The van der Waals surface area contributed by atoms with E-state index in [4.69, 9.17) is 7.48 Å². The molecule has 0 bridgehead atoms. The fourth-order valence-electron chi connectivity index (χ4n) is 6.41. The van der Waals surface area contributed by atoms with Gasteiger partial charge in [0.25, 0.3) is 0 Å². The van der Waals surface area contributed by atoms with Crippen LogP contribution >= 0.6 is 15.9 Å². The van der Waals surface area contributed by atoms with Crippen LogP contribution in [0.1, 0.15) is 53.9 Å². The predicted molar refractivity (Wildman–Crippen MR) is 154 cm³/mol. The molecule has 5 rings (SSSR count). The highest BCUT2D eigenvalue weighted by Crippen LogP contribution is 2.56. The van der Waals surface area contributed by atoms with Crippen molar-refractivity contribution in [1.29, 1.82) is 0 Å². The zero-order valence-electron chi connectivity index (χ0n) is 23.0. The van der Waals surface area contributed by atoms with E-state index in [1.54, 1.807) is 0 Å². The highest BCUT2D eigenvalue weighted by molar-refractivity contribution is 9.10. The van der Waals surface area contributed by atoms with E-state index in [0.29, 0.717) is 5.92 Å². The Kier molecular flexibility index (Phi) is 6.26. The van der Waals surface area contributed by atoms with Gasteiger partial charge in [0.05, 0.1) is 15.5 Å². The second-order valence-corrected chi connectivity index (χ2v) is 15.4. The largest absolute Gasteiger partial charge is 0.378 e. The summed E-state index contributed by atoms with van der Waals surface area (Å²) in [5.41, 5.74) is 3.20. The van der Waals surface area contributed by atoms with Crippen molar-refractivity contribution in [2.45, 2.75) is 57.6 Å². The van der Waals surface area contributed by atoms with Crippen LogP contribution in [0.2, 0.25) is 5.04 Å². The standard InChI is InChI=1S/C32H36BrOSi/c1-23-20-32(21-25-15-16-26(33)19-29(25)24(32)2)18-17-30(23)34-22-31(3,4)35(27-11-7-5-8-12-27)28-13-9-6-10-14-28/h5-16,19,23,30H,2,17-18,20-22H2,1,3-4H3/t23-,30-,32-/m1/s1/i2D2. The van der Waals surface area contributed by atoms with Gasteiger partial charge >= 0.3 is 0 Å². The maximum Gasteiger partial charge on any atom is 0.129 e. The first-order chi connectivity index (χ1) is 17.7. The molecule has 0 aromatic heterocycles. The number of halogens is 1. The Hall–Kier alpha value is -1.94. The predicted octanol–water partition coefficient (Wildman–Crippen LogP) is 7.30. The maximum absolute atomic E-state index is 8.33. The Labute approximate surface area is 224 Å². The molecule has 0 N–H and O–H groups in total. The minimum atomic E-state index is -1.06. The number of rotatable bonds is 6. The third-order valence-corrected chi connectivity index (χ3v) is 11.9. The molecule has 3 aromatic rings. The van der Waals surface area contributed by atoms with Crippen LogP contribution in [0.3, 0.4) is 0 Å². The Bertz CT molecular complexity index is 1230. The lowest BCUT2D eigenvalue weighted by atomic mass is 9.65. The molecule has 3 atom stereocenters. The summed E-state index contributed by atoms with van der Waals surface area (Å²) in [6.45, 7) is 7.75. The van der Waals surface area contributed by atoms with Crippen molar-refractivity contribution >= 4 is 40.7 Å². The highest BCUT2D eigenvalue weighted by atomic mass is 79.9. The highest BCUT2D eigenvalue weighted by Gasteiger charge is 2.46. The Morgan fingerprint density at radius 3 is 2.31 bits per heavy atom. The summed E-state index contributed by atoms with van der Waals surface area (Å²) in [6.07, 6.45) is 4.05. The second kappa shape index (κ2) is 9.84. The van der Waals surface area contributed by atoms with Gasteiger partial charge in [-0.05, 0) is 70.9 Å². The Balaban J connectivity index is 1.33. The van der Waals surface area contributed by atoms with Crippen LogP contribution < -0.4 is 10.4 Å². The van der Waals surface area contributed by atoms with Crippen LogP contribution in [-0.4, -0.2) is 21.5 Å².